The summed E-state index contributed by atoms with van der Waals surface area (Å²) in [5, 5.41) is 0. The average molecular weight is 414 g/mol. The van der Waals surface area contributed by atoms with Crippen molar-refractivity contribution in [3.8, 4) is 11.5 Å². The summed E-state index contributed by atoms with van der Waals surface area (Å²) >= 11 is 0. The second-order valence-corrected chi connectivity index (χ2v) is 8.26. The number of anilines is 1. The maximum absolute atomic E-state index is 14.4. The molecule has 0 saturated carbocycles. The van der Waals surface area contributed by atoms with Crippen LogP contribution in [-0.2, 0) is 0 Å². The minimum absolute atomic E-state index is 0.122. The molecule has 4 rings (SSSR count). The maximum atomic E-state index is 14.4. The number of nitrogens with zero attached hydrogens (tertiary/aromatic N) is 2. The number of hydrogen-bond acceptors (Lipinski definition) is 5. The number of fused-ring (bicyclic) bond motifs is 1. The topological polar surface area (TPSA) is 51.0 Å². The normalized spacial score (nSPS) is 18.8. The van der Waals surface area contributed by atoms with Gasteiger partial charge in [-0.25, -0.2) is 4.39 Å². The van der Waals surface area contributed by atoms with Crippen molar-refractivity contribution in [2.24, 2.45) is 11.7 Å². The molecule has 5 nitrogen and oxygen atoms in total. The molecule has 162 valence electrons. The first-order valence-corrected chi connectivity index (χ1v) is 11.0. The fourth-order valence-electron chi connectivity index (χ4n) is 4.53. The van der Waals surface area contributed by atoms with Crippen LogP contribution >= 0.6 is 0 Å². The number of benzene rings is 2. The fourth-order valence-corrected chi connectivity index (χ4v) is 4.53. The summed E-state index contributed by atoms with van der Waals surface area (Å²) in [6.45, 7) is 8.67. The largest absolute Gasteiger partial charge is 0.486 e. The first-order chi connectivity index (χ1) is 14.7. The summed E-state index contributed by atoms with van der Waals surface area (Å²) < 4.78 is 26.0. The highest BCUT2D eigenvalue weighted by Crippen LogP contribution is 2.39. The van der Waals surface area contributed by atoms with E-state index >= 15 is 0 Å². The first-order valence-electron chi connectivity index (χ1n) is 11.0. The highest BCUT2D eigenvalue weighted by molar-refractivity contribution is 5.65. The Bertz CT molecular complexity index is 839. The Balaban J connectivity index is 1.36. The number of ether oxygens (including phenoxy) is 2. The van der Waals surface area contributed by atoms with Crippen molar-refractivity contribution in [3.05, 3.63) is 53.8 Å². The number of rotatable bonds is 7. The SMILES string of the molecule is C[C@@H](CN)[C@H](CCN1CCN(c2cccc3c2OCCO3)CC1)c1ccccc1F. The molecule has 2 N–H and O–H groups in total. The highest BCUT2D eigenvalue weighted by atomic mass is 19.1. The van der Waals surface area contributed by atoms with E-state index in [1.807, 2.05) is 24.3 Å². The van der Waals surface area contributed by atoms with Crippen LogP contribution < -0.4 is 20.1 Å². The van der Waals surface area contributed by atoms with Gasteiger partial charge >= 0.3 is 0 Å². The molecule has 1 fully saturated rings. The molecule has 0 spiro atoms. The van der Waals surface area contributed by atoms with Crippen LogP contribution in [0, 0.1) is 11.7 Å². The van der Waals surface area contributed by atoms with E-state index in [-0.39, 0.29) is 17.7 Å². The quantitative estimate of drug-likeness (QED) is 0.753. The second-order valence-electron chi connectivity index (χ2n) is 8.26. The zero-order valence-electron chi connectivity index (χ0n) is 17.7. The van der Waals surface area contributed by atoms with Crippen LogP contribution in [-0.4, -0.2) is 57.4 Å². The van der Waals surface area contributed by atoms with E-state index in [1.165, 1.54) is 0 Å². The molecule has 0 aliphatic carbocycles. The Morgan fingerprint density at radius 3 is 2.53 bits per heavy atom. The van der Waals surface area contributed by atoms with Gasteiger partial charge < -0.3 is 20.1 Å². The average Bonchev–Trinajstić information content (AvgIpc) is 2.80. The summed E-state index contributed by atoms with van der Waals surface area (Å²) in [5.41, 5.74) is 7.85. The lowest BCUT2D eigenvalue weighted by atomic mass is 9.84. The number of halogens is 1. The molecule has 6 heteroatoms. The number of para-hydroxylation sites is 1. The van der Waals surface area contributed by atoms with Gasteiger partial charge in [0.2, 0.25) is 0 Å². The molecule has 0 unspecified atom stereocenters. The van der Waals surface area contributed by atoms with Crippen molar-refractivity contribution < 1.29 is 13.9 Å². The van der Waals surface area contributed by atoms with Gasteiger partial charge in [0.05, 0.1) is 5.69 Å². The van der Waals surface area contributed by atoms with Crippen LogP contribution in [0.3, 0.4) is 0 Å². The standard InChI is InChI=1S/C24H32FN3O2/c1-18(17-26)19(20-5-2-3-6-21(20)25)9-10-27-11-13-28(14-12-27)22-7-4-8-23-24(22)30-16-15-29-23/h2-8,18-19H,9-17,26H2,1H3/t18-,19-/m0/s1. The third kappa shape index (κ3) is 4.55. The van der Waals surface area contributed by atoms with Crippen molar-refractivity contribution in [3.63, 3.8) is 0 Å². The van der Waals surface area contributed by atoms with Gasteiger partial charge in [-0.15, -0.1) is 0 Å². The Labute approximate surface area is 178 Å². The lowest BCUT2D eigenvalue weighted by Crippen LogP contribution is -2.47. The van der Waals surface area contributed by atoms with E-state index in [0.29, 0.717) is 19.8 Å². The van der Waals surface area contributed by atoms with E-state index < -0.39 is 0 Å². The third-order valence-electron chi connectivity index (χ3n) is 6.38. The lowest BCUT2D eigenvalue weighted by Gasteiger charge is -2.38. The molecule has 1 saturated heterocycles. The molecular weight excluding hydrogens is 381 g/mol. The molecule has 0 bridgehead atoms. The summed E-state index contributed by atoms with van der Waals surface area (Å²) in [5.74, 6) is 1.97. The Kier molecular flexibility index (Phi) is 6.75. The number of hydrogen-bond donors (Lipinski definition) is 1. The van der Waals surface area contributed by atoms with Gasteiger partial charge in [0.15, 0.2) is 11.5 Å². The predicted octanol–water partition coefficient (Wildman–Crippen LogP) is 3.49. The summed E-state index contributed by atoms with van der Waals surface area (Å²) in [6.07, 6.45) is 0.914. The summed E-state index contributed by atoms with van der Waals surface area (Å²) in [7, 11) is 0. The van der Waals surface area contributed by atoms with Crippen LogP contribution in [0.25, 0.3) is 0 Å². The minimum Gasteiger partial charge on any atom is -0.486 e. The molecule has 2 aromatic rings. The van der Waals surface area contributed by atoms with Gasteiger partial charge in [-0.2, -0.15) is 0 Å². The summed E-state index contributed by atoms with van der Waals surface area (Å²) in [6, 6.07) is 13.2. The van der Waals surface area contributed by atoms with E-state index in [4.69, 9.17) is 15.2 Å². The van der Waals surface area contributed by atoms with Crippen LogP contribution in [0.1, 0.15) is 24.8 Å². The first kappa shape index (κ1) is 20.9. The third-order valence-corrected chi connectivity index (χ3v) is 6.38. The van der Waals surface area contributed by atoms with Crippen LogP contribution in [0.15, 0.2) is 42.5 Å². The molecule has 2 atom stereocenters. The van der Waals surface area contributed by atoms with Crippen LogP contribution in [0.5, 0.6) is 11.5 Å². The van der Waals surface area contributed by atoms with Gasteiger partial charge in [0.1, 0.15) is 19.0 Å². The van der Waals surface area contributed by atoms with Crippen LogP contribution in [0.2, 0.25) is 0 Å². The Morgan fingerprint density at radius 2 is 1.77 bits per heavy atom. The Morgan fingerprint density at radius 1 is 1.00 bits per heavy atom. The van der Waals surface area contributed by atoms with E-state index in [9.17, 15) is 4.39 Å². The predicted molar refractivity (Wildman–Crippen MR) is 118 cm³/mol. The molecule has 30 heavy (non-hydrogen) atoms. The molecular formula is C24H32FN3O2. The lowest BCUT2D eigenvalue weighted by molar-refractivity contribution is 0.171. The molecule has 0 amide bonds. The Hall–Kier alpha value is -2.31. The van der Waals surface area contributed by atoms with E-state index in [2.05, 4.69) is 22.8 Å². The zero-order valence-corrected chi connectivity index (χ0v) is 17.7. The smallest absolute Gasteiger partial charge is 0.184 e. The van der Waals surface area contributed by atoms with Crippen molar-refractivity contribution in [2.75, 3.05) is 57.4 Å². The minimum atomic E-state index is -0.122. The number of nitrogens with two attached hydrogens (primary N) is 1. The number of piperazine rings is 1. The van der Waals surface area contributed by atoms with Gasteiger partial charge in [-0.1, -0.05) is 31.2 Å². The molecule has 0 aromatic heterocycles. The molecule has 2 aliphatic heterocycles. The van der Waals surface area contributed by atoms with Crippen molar-refractivity contribution in [2.45, 2.75) is 19.3 Å². The highest BCUT2D eigenvalue weighted by Gasteiger charge is 2.26. The summed E-state index contributed by atoms with van der Waals surface area (Å²) in [4.78, 5) is 4.85. The fraction of sp³-hybridized carbons (Fsp3) is 0.500. The zero-order chi connectivity index (χ0) is 20.9. The molecule has 0 radical (unpaired) electrons. The van der Waals surface area contributed by atoms with Crippen LogP contribution in [0.4, 0.5) is 10.1 Å². The van der Waals surface area contributed by atoms with Crippen molar-refractivity contribution in [1.82, 2.24) is 4.90 Å². The molecule has 2 aromatic carbocycles. The second kappa shape index (κ2) is 9.67. The molecule has 2 heterocycles. The van der Waals surface area contributed by atoms with E-state index in [1.54, 1.807) is 12.1 Å². The maximum Gasteiger partial charge on any atom is 0.184 e. The van der Waals surface area contributed by atoms with E-state index in [0.717, 1.165) is 61.9 Å². The van der Waals surface area contributed by atoms with Crippen molar-refractivity contribution >= 4 is 5.69 Å². The monoisotopic (exact) mass is 413 g/mol. The van der Waals surface area contributed by atoms with Gasteiger partial charge in [-0.05, 0) is 55.1 Å². The van der Waals surface area contributed by atoms with Gasteiger partial charge in [0.25, 0.3) is 0 Å². The van der Waals surface area contributed by atoms with Gasteiger partial charge in [0, 0.05) is 26.2 Å². The van der Waals surface area contributed by atoms with Crippen molar-refractivity contribution in [1.29, 1.82) is 0 Å². The molecule has 2 aliphatic rings. The van der Waals surface area contributed by atoms with Gasteiger partial charge in [-0.3, -0.25) is 4.90 Å².